The maximum atomic E-state index is 7.32. The Kier molecular flexibility index (Phi) is 4.42. The number of hydrogen-bond donors (Lipinski definition) is 3. The molecule has 0 aliphatic heterocycles. The molecule has 0 bridgehead atoms. The van der Waals surface area contributed by atoms with E-state index in [4.69, 9.17) is 10.9 Å². The molecule has 0 spiro atoms. The number of hydroxylamine groups is 1. The first-order valence-corrected chi connectivity index (χ1v) is 5.09. The Labute approximate surface area is 94.9 Å². The van der Waals surface area contributed by atoms with Gasteiger partial charge in [0.1, 0.15) is 5.65 Å². The van der Waals surface area contributed by atoms with Gasteiger partial charge in [0, 0.05) is 25.5 Å². The summed E-state index contributed by atoms with van der Waals surface area (Å²) in [5.41, 5.74) is 11.7. The highest BCUT2D eigenvalue weighted by Gasteiger charge is 2.03. The third-order valence-electron chi connectivity index (χ3n) is 2.40. The standard InChI is InChI=1S/C10H13N3.CH5NO/c1-7-8(2)13-4-3-9(6-11)5-10(13)12-7;1-2-3/h3-5H,6,11H2,1-2H3;2-3H,1H3. The van der Waals surface area contributed by atoms with Crippen LogP contribution < -0.4 is 11.2 Å². The highest BCUT2D eigenvalue weighted by molar-refractivity contribution is 5.45. The smallest absolute Gasteiger partial charge is 0.137 e. The minimum absolute atomic E-state index is 0.571. The largest absolute Gasteiger partial charge is 0.326 e. The average molecular weight is 222 g/mol. The summed E-state index contributed by atoms with van der Waals surface area (Å²) in [6.45, 7) is 4.66. The SMILES string of the molecule is CNO.Cc1nc2cc(CN)ccn2c1C. The van der Waals surface area contributed by atoms with Crippen molar-refractivity contribution in [2.75, 3.05) is 7.05 Å². The average Bonchev–Trinajstić information content (AvgIpc) is 2.55. The van der Waals surface area contributed by atoms with E-state index in [0.717, 1.165) is 16.9 Å². The van der Waals surface area contributed by atoms with Gasteiger partial charge in [0.25, 0.3) is 0 Å². The number of rotatable bonds is 1. The lowest BCUT2D eigenvalue weighted by molar-refractivity contribution is 0.194. The monoisotopic (exact) mass is 222 g/mol. The molecule has 0 aliphatic carbocycles. The number of fused-ring (bicyclic) bond motifs is 1. The van der Waals surface area contributed by atoms with E-state index in [1.165, 1.54) is 12.7 Å². The summed E-state index contributed by atoms with van der Waals surface area (Å²) in [6, 6.07) is 4.06. The summed E-state index contributed by atoms with van der Waals surface area (Å²) in [5.74, 6) is 0. The van der Waals surface area contributed by atoms with Crippen molar-refractivity contribution in [3.63, 3.8) is 0 Å². The van der Waals surface area contributed by atoms with Crippen LogP contribution in [0.1, 0.15) is 17.0 Å². The van der Waals surface area contributed by atoms with E-state index in [0.29, 0.717) is 6.54 Å². The second-order valence-electron chi connectivity index (χ2n) is 3.47. The van der Waals surface area contributed by atoms with Crippen LogP contribution in [-0.4, -0.2) is 21.6 Å². The molecule has 0 saturated carbocycles. The van der Waals surface area contributed by atoms with Crippen LogP contribution in [0.4, 0.5) is 0 Å². The molecule has 2 aromatic rings. The van der Waals surface area contributed by atoms with Gasteiger partial charge in [0.15, 0.2) is 0 Å². The molecular weight excluding hydrogens is 204 g/mol. The van der Waals surface area contributed by atoms with E-state index in [2.05, 4.69) is 16.3 Å². The fourth-order valence-electron chi connectivity index (χ4n) is 1.45. The molecule has 5 heteroatoms. The van der Waals surface area contributed by atoms with E-state index in [9.17, 15) is 0 Å². The van der Waals surface area contributed by atoms with Gasteiger partial charge in [-0.2, -0.15) is 0 Å². The molecule has 0 fully saturated rings. The molecule has 16 heavy (non-hydrogen) atoms. The number of nitrogens with two attached hydrogens (primary N) is 1. The molecule has 2 aromatic heterocycles. The molecule has 0 aromatic carbocycles. The molecular formula is C11H18N4O. The van der Waals surface area contributed by atoms with Crippen molar-refractivity contribution in [1.82, 2.24) is 14.9 Å². The van der Waals surface area contributed by atoms with E-state index >= 15 is 0 Å². The number of aromatic nitrogens is 2. The van der Waals surface area contributed by atoms with Crippen LogP contribution in [0, 0.1) is 13.8 Å². The van der Waals surface area contributed by atoms with Gasteiger partial charge in [0.2, 0.25) is 0 Å². The first-order valence-electron chi connectivity index (χ1n) is 5.09. The minimum Gasteiger partial charge on any atom is -0.326 e. The lowest BCUT2D eigenvalue weighted by Gasteiger charge is -1.98. The zero-order valence-corrected chi connectivity index (χ0v) is 9.86. The Bertz CT molecular complexity index is 464. The fraction of sp³-hybridized carbons (Fsp3) is 0.364. The summed E-state index contributed by atoms with van der Waals surface area (Å²) in [5, 5.41) is 7.32. The van der Waals surface area contributed by atoms with Crippen molar-refractivity contribution in [3.05, 3.63) is 35.3 Å². The molecule has 0 aliphatic rings. The second-order valence-corrected chi connectivity index (χ2v) is 3.47. The zero-order valence-electron chi connectivity index (χ0n) is 9.86. The Morgan fingerprint density at radius 2 is 2.12 bits per heavy atom. The van der Waals surface area contributed by atoms with Crippen molar-refractivity contribution >= 4 is 5.65 Å². The Morgan fingerprint density at radius 3 is 2.69 bits per heavy atom. The first-order chi connectivity index (χ1) is 7.63. The van der Waals surface area contributed by atoms with Gasteiger partial charge in [-0.1, -0.05) is 0 Å². The zero-order chi connectivity index (χ0) is 12.1. The van der Waals surface area contributed by atoms with E-state index in [1.54, 1.807) is 5.48 Å². The Hall–Kier alpha value is -1.43. The lowest BCUT2D eigenvalue weighted by atomic mass is 10.3. The number of hydrogen-bond acceptors (Lipinski definition) is 4. The highest BCUT2D eigenvalue weighted by Crippen LogP contribution is 2.11. The Morgan fingerprint density at radius 1 is 1.50 bits per heavy atom. The van der Waals surface area contributed by atoms with Gasteiger partial charge < -0.3 is 15.3 Å². The van der Waals surface area contributed by atoms with Gasteiger partial charge in [0.05, 0.1) is 5.69 Å². The van der Waals surface area contributed by atoms with Crippen LogP contribution in [0.3, 0.4) is 0 Å². The van der Waals surface area contributed by atoms with Gasteiger partial charge in [-0.25, -0.2) is 10.5 Å². The maximum absolute atomic E-state index is 7.32. The van der Waals surface area contributed by atoms with Gasteiger partial charge >= 0.3 is 0 Å². The van der Waals surface area contributed by atoms with Gasteiger partial charge in [-0.3, -0.25) is 0 Å². The van der Waals surface area contributed by atoms with Crippen molar-refractivity contribution in [2.45, 2.75) is 20.4 Å². The van der Waals surface area contributed by atoms with Crippen molar-refractivity contribution < 1.29 is 5.21 Å². The van der Waals surface area contributed by atoms with Crippen molar-refractivity contribution in [3.8, 4) is 0 Å². The third-order valence-corrected chi connectivity index (χ3v) is 2.40. The number of imidazole rings is 1. The van der Waals surface area contributed by atoms with Crippen LogP contribution in [-0.2, 0) is 6.54 Å². The van der Waals surface area contributed by atoms with Crippen LogP contribution in [0.5, 0.6) is 0 Å². The van der Waals surface area contributed by atoms with E-state index < -0.39 is 0 Å². The predicted octanol–water partition coefficient (Wildman–Crippen LogP) is 1.00. The minimum atomic E-state index is 0.571. The number of nitrogens with zero attached hydrogens (tertiary/aromatic N) is 2. The highest BCUT2D eigenvalue weighted by atomic mass is 16.5. The fourth-order valence-corrected chi connectivity index (χ4v) is 1.45. The molecule has 0 radical (unpaired) electrons. The quantitative estimate of drug-likeness (QED) is 0.629. The molecule has 0 saturated heterocycles. The van der Waals surface area contributed by atoms with Gasteiger partial charge in [-0.15, -0.1) is 0 Å². The molecule has 2 heterocycles. The summed E-state index contributed by atoms with van der Waals surface area (Å²) >= 11 is 0. The number of pyridine rings is 1. The summed E-state index contributed by atoms with van der Waals surface area (Å²) in [4.78, 5) is 4.43. The first kappa shape index (κ1) is 12.6. The molecule has 88 valence electrons. The summed E-state index contributed by atoms with van der Waals surface area (Å²) in [7, 11) is 1.43. The molecule has 4 N–H and O–H groups in total. The molecule has 5 nitrogen and oxygen atoms in total. The molecule has 0 unspecified atom stereocenters. The summed E-state index contributed by atoms with van der Waals surface area (Å²) in [6.07, 6.45) is 2.02. The van der Waals surface area contributed by atoms with Crippen molar-refractivity contribution in [2.24, 2.45) is 5.73 Å². The van der Waals surface area contributed by atoms with Crippen LogP contribution in [0.2, 0.25) is 0 Å². The molecule has 2 rings (SSSR count). The van der Waals surface area contributed by atoms with Crippen molar-refractivity contribution in [1.29, 1.82) is 0 Å². The van der Waals surface area contributed by atoms with Gasteiger partial charge in [-0.05, 0) is 31.5 Å². The number of nitrogens with one attached hydrogen (secondary N) is 1. The summed E-state index contributed by atoms with van der Waals surface area (Å²) < 4.78 is 2.08. The van der Waals surface area contributed by atoms with E-state index in [1.807, 2.05) is 25.3 Å². The second kappa shape index (κ2) is 5.60. The predicted molar refractivity (Wildman–Crippen MR) is 63.4 cm³/mol. The van der Waals surface area contributed by atoms with E-state index in [-0.39, 0.29) is 0 Å². The topological polar surface area (TPSA) is 75.6 Å². The normalized spacial score (nSPS) is 10.1. The van der Waals surface area contributed by atoms with Crippen LogP contribution in [0.25, 0.3) is 5.65 Å². The maximum Gasteiger partial charge on any atom is 0.137 e. The molecule has 0 amide bonds. The van der Waals surface area contributed by atoms with Crippen LogP contribution in [0.15, 0.2) is 18.3 Å². The molecule has 0 atom stereocenters. The third kappa shape index (κ3) is 2.57. The number of aryl methyl sites for hydroxylation is 2. The lowest BCUT2D eigenvalue weighted by Crippen LogP contribution is -1.97. The van der Waals surface area contributed by atoms with Crippen LogP contribution >= 0.6 is 0 Å². The Balaban J connectivity index is 0.000000386.